The van der Waals surface area contributed by atoms with Crippen LogP contribution >= 0.6 is 0 Å². The molecule has 0 spiro atoms. The molecule has 0 saturated heterocycles. The lowest BCUT2D eigenvalue weighted by molar-refractivity contribution is -0.121. The van der Waals surface area contributed by atoms with Crippen LogP contribution in [0.5, 0.6) is 5.75 Å². The van der Waals surface area contributed by atoms with Crippen LogP contribution in [0.2, 0.25) is 0 Å². The molecule has 1 amide bonds. The molecule has 1 aliphatic rings. The summed E-state index contributed by atoms with van der Waals surface area (Å²) in [5, 5.41) is 17.8. The fourth-order valence-corrected chi connectivity index (χ4v) is 3.17. The van der Waals surface area contributed by atoms with Crippen molar-refractivity contribution in [2.45, 2.75) is 52.2 Å². The minimum atomic E-state index is -0.292. The number of carbonyl (C=O) groups is 1. The number of nitrogens with one attached hydrogen (secondary N) is 3. The SMILES string of the molecule is Cc1nnc(CN=C(NCC(=O)NC(C)(C)C)NC2CCOc3ccccc32)n1C. The number of benzene rings is 1. The minimum absolute atomic E-state index is 0.0353. The molecule has 0 saturated carbocycles. The number of nitrogens with zero attached hydrogens (tertiary/aromatic N) is 4. The van der Waals surface area contributed by atoms with Crippen molar-refractivity contribution in [1.29, 1.82) is 0 Å². The molecule has 30 heavy (non-hydrogen) atoms. The highest BCUT2D eigenvalue weighted by atomic mass is 16.5. The van der Waals surface area contributed by atoms with E-state index in [4.69, 9.17) is 4.74 Å². The number of aliphatic imine (C=N–C) groups is 1. The van der Waals surface area contributed by atoms with Crippen LogP contribution in [0.3, 0.4) is 0 Å². The summed E-state index contributed by atoms with van der Waals surface area (Å²) in [6.45, 7) is 8.83. The van der Waals surface area contributed by atoms with Crippen molar-refractivity contribution in [3.63, 3.8) is 0 Å². The Kier molecular flexibility index (Phi) is 6.59. The first-order valence-electron chi connectivity index (χ1n) is 10.2. The molecule has 0 bridgehead atoms. The Balaban J connectivity index is 1.74. The van der Waals surface area contributed by atoms with Crippen LogP contribution in [-0.4, -0.2) is 45.3 Å². The monoisotopic (exact) mass is 413 g/mol. The second-order valence-electron chi connectivity index (χ2n) is 8.41. The normalized spacial score (nSPS) is 16.4. The third-order valence-electron chi connectivity index (χ3n) is 4.76. The Bertz CT molecular complexity index is 914. The van der Waals surface area contributed by atoms with Gasteiger partial charge in [-0.1, -0.05) is 18.2 Å². The standard InChI is InChI=1S/C21H31N7O2/c1-14-26-27-18(28(14)5)12-22-20(23-13-19(29)25-21(2,3)4)24-16-10-11-30-17-9-7-6-8-15(16)17/h6-9,16H,10-13H2,1-5H3,(H,25,29)(H2,22,23,24). The van der Waals surface area contributed by atoms with E-state index in [9.17, 15) is 4.79 Å². The zero-order valence-electron chi connectivity index (χ0n) is 18.3. The number of amides is 1. The predicted octanol–water partition coefficient (Wildman–Crippen LogP) is 1.60. The summed E-state index contributed by atoms with van der Waals surface area (Å²) < 4.78 is 7.65. The lowest BCUT2D eigenvalue weighted by Crippen LogP contribution is -2.49. The van der Waals surface area contributed by atoms with Crippen molar-refractivity contribution < 1.29 is 9.53 Å². The maximum absolute atomic E-state index is 12.3. The van der Waals surface area contributed by atoms with Gasteiger partial charge in [0, 0.05) is 24.6 Å². The summed E-state index contributed by atoms with van der Waals surface area (Å²) in [4.78, 5) is 16.9. The van der Waals surface area contributed by atoms with E-state index >= 15 is 0 Å². The predicted molar refractivity (Wildman–Crippen MR) is 115 cm³/mol. The first-order chi connectivity index (χ1) is 14.2. The summed E-state index contributed by atoms with van der Waals surface area (Å²) in [5.74, 6) is 2.89. The lowest BCUT2D eigenvalue weighted by Gasteiger charge is -2.28. The van der Waals surface area contributed by atoms with Gasteiger partial charge in [0.1, 0.15) is 18.1 Å². The highest BCUT2D eigenvalue weighted by molar-refractivity contribution is 5.87. The van der Waals surface area contributed by atoms with Crippen molar-refractivity contribution in [3.05, 3.63) is 41.5 Å². The highest BCUT2D eigenvalue weighted by Crippen LogP contribution is 2.31. The Morgan fingerprint density at radius 3 is 2.77 bits per heavy atom. The zero-order valence-corrected chi connectivity index (χ0v) is 18.3. The second kappa shape index (κ2) is 9.15. The summed E-state index contributed by atoms with van der Waals surface area (Å²) in [6.07, 6.45) is 0.801. The van der Waals surface area contributed by atoms with Crippen LogP contribution in [0, 0.1) is 6.92 Å². The molecule has 0 radical (unpaired) electrons. The van der Waals surface area contributed by atoms with Gasteiger partial charge in [0.25, 0.3) is 0 Å². The maximum Gasteiger partial charge on any atom is 0.239 e. The van der Waals surface area contributed by atoms with E-state index in [0.717, 1.165) is 29.4 Å². The molecular weight excluding hydrogens is 382 g/mol. The van der Waals surface area contributed by atoms with Crippen molar-refractivity contribution in [2.24, 2.45) is 12.0 Å². The van der Waals surface area contributed by atoms with Crippen LogP contribution in [0.1, 0.15) is 50.4 Å². The third-order valence-corrected chi connectivity index (χ3v) is 4.76. The van der Waals surface area contributed by atoms with Gasteiger partial charge in [-0.25, -0.2) is 4.99 Å². The Hall–Kier alpha value is -3.10. The maximum atomic E-state index is 12.3. The molecule has 0 aliphatic carbocycles. The van der Waals surface area contributed by atoms with Gasteiger partial charge in [-0.3, -0.25) is 4.79 Å². The van der Waals surface area contributed by atoms with Gasteiger partial charge in [0.15, 0.2) is 11.8 Å². The molecule has 1 aromatic heterocycles. The molecule has 162 valence electrons. The van der Waals surface area contributed by atoms with E-state index in [0.29, 0.717) is 19.1 Å². The number of aryl methyl sites for hydroxylation is 1. The molecule has 3 N–H and O–H groups in total. The van der Waals surface area contributed by atoms with Crippen molar-refractivity contribution in [3.8, 4) is 5.75 Å². The van der Waals surface area contributed by atoms with Crippen molar-refractivity contribution >= 4 is 11.9 Å². The lowest BCUT2D eigenvalue weighted by atomic mass is 10.0. The fourth-order valence-electron chi connectivity index (χ4n) is 3.17. The number of guanidine groups is 1. The van der Waals surface area contributed by atoms with Crippen molar-refractivity contribution in [2.75, 3.05) is 13.2 Å². The molecule has 1 atom stereocenters. The topological polar surface area (TPSA) is 105 Å². The van der Waals surface area contributed by atoms with E-state index in [2.05, 4.69) is 31.1 Å². The summed E-state index contributed by atoms with van der Waals surface area (Å²) in [5.41, 5.74) is 0.783. The fraction of sp³-hybridized carbons (Fsp3) is 0.524. The number of rotatable bonds is 5. The van der Waals surface area contributed by atoms with E-state index < -0.39 is 0 Å². The van der Waals surface area contributed by atoms with Crippen LogP contribution in [-0.2, 0) is 18.4 Å². The largest absolute Gasteiger partial charge is 0.493 e. The highest BCUT2D eigenvalue weighted by Gasteiger charge is 2.22. The van der Waals surface area contributed by atoms with Gasteiger partial charge in [-0.05, 0) is 33.8 Å². The van der Waals surface area contributed by atoms with Gasteiger partial charge in [-0.15, -0.1) is 10.2 Å². The van der Waals surface area contributed by atoms with Gasteiger partial charge < -0.3 is 25.3 Å². The van der Waals surface area contributed by atoms with E-state index in [1.807, 2.05) is 63.6 Å². The Morgan fingerprint density at radius 1 is 1.30 bits per heavy atom. The number of hydrogen-bond donors (Lipinski definition) is 3. The quantitative estimate of drug-likeness (QED) is 0.508. The van der Waals surface area contributed by atoms with Crippen LogP contribution in [0.15, 0.2) is 29.3 Å². The molecule has 1 aromatic carbocycles. The first kappa shape index (κ1) is 21.6. The van der Waals surface area contributed by atoms with Gasteiger partial charge >= 0.3 is 0 Å². The molecule has 1 unspecified atom stereocenters. The Morgan fingerprint density at radius 2 is 2.07 bits per heavy atom. The van der Waals surface area contributed by atoms with E-state index in [1.165, 1.54) is 0 Å². The molecule has 1 aliphatic heterocycles. The van der Waals surface area contributed by atoms with Crippen molar-refractivity contribution in [1.82, 2.24) is 30.7 Å². The second-order valence-corrected chi connectivity index (χ2v) is 8.41. The Labute approximate surface area is 177 Å². The van der Waals surface area contributed by atoms with Crippen LogP contribution < -0.4 is 20.7 Å². The van der Waals surface area contributed by atoms with E-state index in [-0.39, 0.29) is 24.0 Å². The molecule has 2 heterocycles. The molecule has 9 heteroatoms. The minimum Gasteiger partial charge on any atom is -0.493 e. The number of aromatic nitrogens is 3. The van der Waals surface area contributed by atoms with Gasteiger partial charge in [0.2, 0.25) is 5.91 Å². The smallest absolute Gasteiger partial charge is 0.239 e. The summed E-state index contributed by atoms with van der Waals surface area (Å²) in [6, 6.07) is 8.00. The number of para-hydroxylation sites is 1. The molecule has 2 aromatic rings. The average molecular weight is 414 g/mol. The summed E-state index contributed by atoms with van der Waals surface area (Å²) >= 11 is 0. The molecular formula is C21H31N7O2. The van der Waals surface area contributed by atoms with Gasteiger partial charge in [-0.2, -0.15) is 0 Å². The third kappa shape index (κ3) is 5.71. The average Bonchev–Trinajstić information content (AvgIpc) is 3.01. The zero-order chi connectivity index (χ0) is 21.7. The van der Waals surface area contributed by atoms with Crippen LogP contribution in [0.4, 0.5) is 0 Å². The number of hydrogen-bond acceptors (Lipinski definition) is 5. The van der Waals surface area contributed by atoms with E-state index in [1.54, 1.807) is 0 Å². The van der Waals surface area contributed by atoms with Gasteiger partial charge in [0.05, 0.1) is 19.2 Å². The van der Waals surface area contributed by atoms with Crippen LogP contribution in [0.25, 0.3) is 0 Å². The molecule has 3 rings (SSSR count). The number of carbonyl (C=O) groups excluding carboxylic acids is 1. The number of ether oxygens (including phenoxy) is 1. The molecule has 0 fully saturated rings. The summed E-state index contributed by atoms with van der Waals surface area (Å²) in [7, 11) is 1.91. The molecule has 9 nitrogen and oxygen atoms in total. The first-order valence-corrected chi connectivity index (χ1v) is 10.2. The number of fused-ring (bicyclic) bond motifs is 1.